The minimum Gasteiger partial charge on any atom is -0.203 e. The molecule has 1 atom stereocenters. The highest BCUT2D eigenvalue weighted by atomic mass is 19.2. The maximum absolute atomic E-state index is 14.3. The van der Waals surface area contributed by atoms with Gasteiger partial charge in [0.05, 0.1) is 0 Å². The van der Waals surface area contributed by atoms with E-state index in [0.29, 0.717) is 23.5 Å². The van der Waals surface area contributed by atoms with Crippen LogP contribution >= 0.6 is 0 Å². The topological polar surface area (TPSA) is 0 Å². The average molecular weight is 288 g/mol. The summed E-state index contributed by atoms with van der Waals surface area (Å²) in [6, 6.07) is 3.45. The van der Waals surface area contributed by atoms with Crippen LogP contribution in [0.15, 0.2) is 43.0 Å². The molecule has 0 N–H and O–H groups in total. The first kappa shape index (κ1) is 15.7. The van der Waals surface area contributed by atoms with Gasteiger partial charge in [-0.1, -0.05) is 36.4 Å². The lowest BCUT2D eigenvalue weighted by Crippen LogP contribution is -2.05. The van der Waals surface area contributed by atoms with Gasteiger partial charge in [-0.3, -0.25) is 0 Å². The Hall–Kier alpha value is -1.70. The van der Waals surface area contributed by atoms with Crippen LogP contribution in [0, 0.1) is 17.6 Å². The molecule has 0 amide bonds. The zero-order chi connectivity index (χ0) is 15.2. The summed E-state index contributed by atoms with van der Waals surface area (Å²) in [7, 11) is 0. The molecule has 2 rings (SSSR count). The second-order valence-electron chi connectivity index (χ2n) is 5.51. The summed E-state index contributed by atoms with van der Waals surface area (Å²) in [6.45, 7) is 5.71. The number of rotatable bonds is 5. The zero-order valence-electron chi connectivity index (χ0n) is 12.5. The minimum atomic E-state index is -0.698. The fraction of sp³-hybridized carbons (Fsp3) is 0.368. The van der Waals surface area contributed by atoms with E-state index in [4.69, 9.17) is 0 Å². The van der Waals surface area contributed by atoms with Gasteiger partial charge in [0.1, 0.15) is 0 Å². The Bertz CT molecular complexity index is 567. The lowest BCUT2D eigenvalue weighted by Gasteiger charge is -2.20. The van der Waals surface area contributed by atoms with Gasteiger partial charge in [0.2, 0.25) is 0 Å². The maximum atomic E-state index is 14.3. The van der Waals surface area contributed by atoms with Crippen LogP contribution in [-0.4, -0.2) is 0 Å². The Morgan fingerprint density at radius 3 is 2.71 bits per heavy atom. The third-order valence-corrected chi connectivity index (χ3v) is 4.11. The van der Waals surface area contributed by atoms with Gasteiger partial charge in [0, 0.05) is 5.56 Å². The Kier molecular flexibility index (Phi) is 5.49. The number of allylic oxidation sites excluding steroid dienone is 5. The number of halogens is 2. The highest BCUT2D eigenvalue weighted by molar-refractivity contribution is 5.67. The van der Waals surface area contributed by atoms with Gasteiger partial charge < -0.3 is 0 Å². The first-order valence-electron chi connectivity index (χ1n) is 7.57. The molecule has 1 unspecified atom stereocenters. The predicted molar refractivity (Wildman–Crippen MR) is 85.0 cm³/mol. The number of hydrogen-bond acceptors (Lipinski definition) is 0. The highest BCUT2D eigenvalue weighted by Gasteiger charge is 2.19. The van der Waals surface area contributed by atoms with Crippen LogP contribution in [0.25, 0.3) is 5.57 Å². The van der Waals surface area contributed by atoms with Crippen LogP contribution in [0.5, 0.6) is 0 Å². The molecule has 0 saturated carbocycles. The number of benzene rings is 1. The summed E-state index contributed by atoms with van der Waals surface area (Å²) in [5.74, 6) is -0.929. The van der Waals surface area contributed by atoms with Gasteiger partial charge in [0.25, 0.3) is 0 Å². The molecule has 1 aliphatic carbocycles. The monoisotopic (exact) mass is 288 g/mol. The van der Waals surface area contributed by atoms with E-state index in [1.807, 2.05) is 31.2 Å². The molecule has 0 saturated heterocycles. The van der Waals surface area contributed by atoms with Crippen molar-refractivity contribution in [3.05, 3.63) is 65.8 Å². The SMILES string of the molecule is C=CC1CC=C(c2ccc(CC/C=C/C)c(F)c2F)CC1. The van der Waals surface area contributed by atoms with Crippen molar-refractivity contribution in [1.29, 1.82) is 0 Å². The van der Waals surface area contributed by atoms with Crippen molar-refractivity contribution in [3.8, 4) is 0 Å². The van der Waals surface area contributed by atoms with E-state index in [-0.39, 0.29) is 0 Å². The molecule has 0 fully saturated rings. The molecular weight excluding hydrogens is 266 g/mol. The largest absolute Gasteiger partial charge is 0.203 e. The third kappa shape index (κ3) is 3.69. The molecule has 1 aromatic carbocycles. The van der Waals surface area contributed by atoms with Crippen molar-refractivity contribution < 1.29 is 8.78 Å². The molecule has 0 bridgehead atoms. The summed E-state index contributed by atoms with van der Waals surface area (Å²) in [5, 5.41) is 0. The van der Waals surface area contributed by atoms with Crippen LogP contribution in [0.4, 0.5) is 8.78 Å². The average Bonchev–Trinajstić information content (AvgIpc) is 2.52. The lowest BCUT2D eigenvalue weighted by atomic mass is 9.86. The van der Waals surface area contributed by atoms with Gasteiger partial charge in [0.15, 0.2) is 11.6 Å². The van der Waals surface area contributed by atoms with Crippen molar-refractivity contribution in [3.63, 3.8) is 0 Å². The molecule has 0 heterocycles. The van der Waals surface area contributed by atoms with Gasteiger partial charge >= 0.3 is 0 Å². The first-order valence-corrected chi connectivity index (χ1v) is 7.57. The van der Waals surface area contributed by atoms with Crippen molar-refractivity contribution in [2.75, 3.05) is 0 Å². The van der Waals surface area contributed by atoms with E-state index in [1.165, 1.54) is 0 Å². The second-order valence-corrected chi connectivity index (χ2v) is 5.51. The molecule has 0 nitrogen and oxygen atoms in total. The van der Waals surface area contributed by atoms with Crippen LogP contribution in [0.3, 0.4) is 0 Å². The number of aryl methyl sites for hydroxylation is 1. The summed E-state index contributed by atoms with van der Waals surface area (Å²) in [4.78, 5) is 0. The minimum absolute atomic E-state index is 0.421. The van der Waals surface area contributed by atoms with Gasteiger partial charge in [-0.25, -0.2) is 8.78 Å². The third-order valence-electron chi connectivity index (χ3n) is 4.11. The van der Waals surface area contributed by atoms with E-state index in [9.17, 15) is 8.78 Å². The fourth-order valence-electron chi connectivity index (χ4n) is 2.75. The van der Waals surface area contributed by atoms with Crippen LogP contribution in [-0.2, 0) is 6.42 Å². The van der Waals surface area contributed by atoms with E-state index in [2.05, 4.69) is 6.58 Å². The van der Waals surface area contributed by atoms with E-state index in [1.54, 1.807) is 12.1 Å². The standard InChI is InChI=1S/C19H22F2/c1-3-5-6-7-16-12-13-17(19(21)18(16)20)15-10-8-14(4-2)9-11-15/h3-5,10,12-14H,2,6-9,11H2,1H3/b5-3+. The molecule has 0 aromatic heterocycles. The summed E-state index contributed by atoms with van der Waals surface area (Å²) >= 11 is 0. The van der Waals surface area contributed by atoms with Crippen molar-refractivity contribution >= 4 is 5.57 Å². The normalized spacial score (nSPS) is 18.8. The summed E-state index contributed by atoms with van der Waals surface area (Å²) in [6.07, 6.45) is 11.7. The van der Waals surface area contributed by atoms with Crippen molar-refractivity contribution in [2.24, 2.45) is 5.92 Å². The van der Waals surface area contributed by atoms with Crippen LogP contribution in [0.1, 0.15) is 43.7 Å². The van der Waals surface area contributed by atoms with Crippen molar-refractivity contribution in [2.45, 2.75) is 39.0 Å². The molecule has 0 aliphatic heterocycles. The molecule has 1 aliphatic rings. The lowest BCUT2D eigenvalue weighted by molar-refractivity contribution is 0.494. The van der Waals surface area contributed by atoms with E-state index in [0.717, 1.165) is 31.3 Å². The second kappa shape index (κ2) is 7.35. The summed E-state index contributed by atoms with van der Waals surface area (Å²) in [5.41, 5.74) is 1.80. The molecule has 2 heteroatoms. The predicted octanol–water partition coefficient (Wildman–Crippen LogP) is 5.84. The molecule has 1 aromatic rings. The fourth-order valence-corrected chi connectivity index (χ4v) is 2.75. The zero-order valence-corrected chi connectivity index (χ0v) is 12.5. The summed E-state index contributed by atoms with van der Waals surface area (Å²) < 4.78 is 28.4. The van der Waals surface area contributed by atoms with Crippen LogP contribution in [0.2, 0.25) is 0 Å². The van der Waals surface area contributed by atoms with E-state index >= 15 is 0 Å². The maximum Gasteiger partial charge on any atom is 0.166 e. The Labute approximate surface area is 125 Å². The molecule has 21 heavy (non-hydrogen) atoms. The highest BCUT2D eigenvalue weighted by Crippen LogP contribution is 2.33. The molecule has 0 spiro atoms. The van der Waals surface area contributed by atoms with Gasteiger partial charge in [-0.2, -0.15) is 0 Å². The Morgan fingerprint density at radius 1 is 1.29 bits per heavy atom. The Morgan fingerprint density at radius 2 is 2.10 bits per heavy atom. The van der Waals surface area contributed by atoms with Crippen molar-refractivity contribution in [1.82, 2.24) is 0 Å². The smallest absolute Gasteiger partial charge is 0.166 e. The molecular formula is C19H22F2. The van der Waals surface area contributed by atoms with Gasteiger partial charge in [-0.05, 0) is 56.1 Å². The first-order chi connectivity index (χ1) is 10.2. The molecule has 0 radical (unpaired) electrons. The quantitative estimate of drug-likeness (QED) is 0.597. The number of hydrogen-bond donors (Lipinski definition) is 0. The molecule has 112 valence electrons. The van der Waals surface area contributed by atoms with E-state index < -0.39 is 11.6 Å². The van der Waals surface area contributed by atoms with Gasteiger partial charge in [-0.15, -0.1) is 6.58 Å². The van der Waals surface area contributed by atoms with Crippen LogP contribution < -0.4 is 0 Å². The Balaban J connectivity index is 2.20.